The second kappa shape index (κ2) is 7.54. The van der Waals surface area contributed by atoms with Crippen LogP contribution in [0.25, 0.3) is 11.0 Å². The lowest BCUT2D eigenvalue weighted by atomic mass is 10.1. The van der Waals surface area contributed by atoms with E-state index in [1.54, 1.807) is 28.8 Å². The molecule has 1 aliphatic heterocycles. The Morgan fingerprint density at radius 2 is 1.96 bits per heavy atom. The van der Waals surface area contributed by atoms with Gasteiger partial charge < -0.3 is 14.4 Å². The summed E-state index contributed by atoms with van der Waals surface area (Å²) >= 11 is 0. The zero-order valence-corrected chi connectivity index (χ0v) is 16.3. The summed E-state index contributed by atoms with van der Waals surface area (Å²) in [4.78, 5) is 30.6. The van der Waals surface area contributed by atoms with E-state index in [-0.39, 0.29) is 17.8 Å². The summed E-state index contributed by atoms with van der Waals surface area (Å²) in [7, 11) is 0. The van der Waals surface area contributed by atoms with Crippen LogP contribution in [0.15, 0.2) is 18.3 Å². The van der Waals surface area contributed by atoms with Crippen LogP contribution in [0.5, 0.6) is 0 Å². The molecule has 146 valence electrons. The molecular formula is C19H26N4O4. The SMILES string of the molecule is CCOC(=O)c1nn(C2CCN(C(=O)OC(C)(C)C)CC2)c2ncccc12. The highest BCUT2D eigenvalue weighted by atomic mass is 16.6. The Balaban J connectivity index is 1.78. The standard InChI is InChI=1S/C19H26N4O4/c1-5-26-17(24)15-14-7-6-10-20-16(14)23(21-15)13-8-11-22(12-9-13)18(25)27-19(2,3)4/h6-7,10,13H,5,8-9,11-12H2,1-4H3. The molecule has 0 N–H and O–H groups in total. The van der Waals surface area contributed by atoms with E-state index < -0.39 is 11.6 Å². The monoisotopic (exact) mass is 374 g/mol. The summed E-state index contributed by atoms with van der Waals surface area (Å²) in [6, 6.07) is 3.67. The van der Waals surface area contributed by atoms with Gasteiger partial charge in [0.15, 0.2) is 11.3 Å². The first kappa shape index (κ1) is 19.1. The Hall–Kier alpha value is -2.64. The smallest absolute Gasteiger partial charge is 0.410 e. The van der Waals surface area contributed by atoms with Gasteiger partial charge in [0.1, 0.15) is 5.60 Å². The Labute approximate surface area is 158 Å². The van der Waals surface area contributed by atoms with Crippen LogP contribution in [-0.4, -0.2) is 57.0 Å². The number of amides is 1. The normalized spacial score (nSPS) is 15.8. The van der Waals surface area contributed by atoms with Crippen LogP contribution in [0.4, 0.5) is 4.79 Å². The van der Waals surface area contributed by atoms with Gasteiger partial charge >= 0.3 is 12.1 Å². The van der Waals surface area contributed by atoms with Crippen LogP contribution < -0.4 is 0 Å². The number of hydrogen-bond donors (Lipinski definition) is 0. The maximum Gasteiger partial charge on any atom is 0.410 e. The van der Waals surface area contributed by atoms with E-state index in [9.17, 15) is 9.59 Å². The molecule has 0 radical (unpaired) electrons. The number of aromatic nitrogens is 3. The number of piperidine rings is 1. The highest BCUT2D eigenvalue weighted by Crippen LogP contribution is 2.28. The molecule has 8 nitrogen and oxygen atoms in total. The molecule has 2 aromatic rings. The number of hydrogen-bond acceptors (Lipinski definition) is 6. The largest absolute Gasteiger partial charge is 0.461 e. The van der Waals surface area contributed by atoms with Gasteiger partial charge in [-0.3, -0.25) is 0 Å². The summed E-state index contributed by atoms with van der Waals surface area (Å²) in [5, 5.41) is 5.19. The van der Waals surface area contributed by atoms with Crippen molar-refractivity contribution in [2.24, 2.45) is 0 Å². The van der Waals surface area contributed by atoms with E-state index in [1.807, 2.05) is 26.8 Å². The van der Waals surface area contributed by atoms with E-state index in [4.69, 9.17) is 9.47 Å². The van der Waals surface area contributed by atoms with Crippen molar-refractivity contribution < 1.29 is 19.1 Å². The van der Waals surface area contributed by atoms with Crippen molar-refractivity contribution in [3.63, 3.8) is 0 Å². The lowest BCUT2D eigenvalue weighted by Crippen LogP contribution is -2.42. The molecule has 1 aliphatic rings. The minimum atomic E-state index is -0.509. The molecule has 0 spiro atoms. The predicted octanol–water partition coefficient (Wildman–Crippen LogP) is 3.18. The number of carbonyl (C=O) groups is 2. The van der Waals surface area contributed by atoms with Gasteiger partial charge in [0.2, 0.25) is 0 Å². The molecule has 0 aromatic carbocycles. The second-order valence-corrected chi connectivity index (χ2v) is 7.59. The number of likely N-dealkylation sites (tertiary alicyclic amines) is 1. The van der Waals surface area contributed by atoms with Crippen molar-refractivity contribution in [2.45, 2.75) is 52.2 Å². The summed E-state index contributed by atoms with van der Waals surface area (Å²) in [6.45, 7) is 8.77. The fraction of sp³-hybridized carbons (Fsp3) is 0.579. The first-order valence-corrected chi connectivity index (χ1v) is 9.28. The molecule has 0 unspecified atom stereocenters. The first-order valence-electron chi connectivity index (χ1n) is 9.28. The fourth-order valence-electron chi connectivity index (χ4n) is 3.20. The maximum atomic E-state index is 12.2. The third kappa shape index (κ3) is 4.20. The van der Waals surface area contributed by atoms with Crippen LogP contribution in [0.1, 0.15) is 57.1 Å². The van der Waals surface area contributed by atoms with E-state index in [1.165, 1.54) is 0 Å². The van der Waals surface area contributed by atoms with Crippen LogP contribution in [-0.2, 0) is 9.47 Å². The molecule has 1 fully saturated rings. The van der Waals surface area contributed by atoms with Gasteiger partial charge in [-0.15, -0.1) is 0 Å². The van der Waals surface area contributed by atoms with Crippen molar-refractivity contribution in [2.75, 3.05) is 19.7 Å². The summed E-state index contributed by atoms with van der Waals surface area (Å²) in [5.74, 6) is -0.444. The number of ether oxygens (including phenoxy) is 2. The van der Waals surface area contributed by atoms with Crippen LogP contribution >= 0.6 is 0 Å². The molecule has 0 saturated carbocycles. The van der Waals surface area contributed by atoms with Gasteiger partial charge in [0.05, 0.1) is 18.0 Å². The number of esters is 1. The van der Waals surface area contributed by atoms with Crippen molar-refractivity contribution in [3.8, 4) is 0 Å². The molecular weight excluding hydrogens is 348 g/mol. The molecule has 3 heterocycles. The quantitative estimate of drug-likeness (QED) is 0.767. The zero-order chi connectivity index (χ0) is 19.6. The number of carbonyl (C=O) groups excluding carboxylic acids is 2. The third-order valence-electron chi connectivity index (χ3n) is 4.40. The number of fused-ring (bicyclic) bond motifs is 1. The second-order valence-electron chi connectivity index (χ2n) is 7.59. The summed E-state index contributed by atoms with van der Waals surface area (Å²) in [6.07, 6.45) is 2.83. The first-order chi connectivity index (χ1) is 12.8. The van der Waals surface area contributed by atoms with Gasteiger partial charge in [-0.05, 0) is 52.7 Å². The molecule has 2 aromatic heterocycles. The molecule has 27 heavy (non-hydrogen) atoms. The summed E-state index contributed by atoms with van der Waals surface area (Å²) < 4.78 is 12.4. The van der Waals surface area contributed by atoms with Crippen LogP contribution in [0.2, 0.25) is 0 Å². The molecule has 0 bridgehead atoms. The van der Waals surface area contributed by atoms with Gasteiger partial charge in [0.25, 0.3) is 0 Å². The van der Waals surface area contributed by atoms with Crippen molar-refractivity contribution in [3.05, 3.63) is 24.0 Å². The van der Waals surface area contributed by atoms with E-state index >= 15 is 0 Å². The molecule has 0 aliphatic carbocycles. The average molecular weight is 374 g/mol. The van der Waals surface area contributed by atoms with Gasteiger partial charge in [-0.25, -0.2) is 19.3 Å². The zero-order valence-electron chi connectivity index (χ0n) is 16.3. The molecule has 1 saturated heterocycles. The fourth-order valence-corrected chi connectivity index (χ4v) is 3.20. The highest BCUT2D eigenvalue weighted by molar-refractivity contribution is 6.01. The van der Waals surface area contributed by atoms with E-state index in [2.05, 4.69) is 10.1 Å². The minimum Gasteiger partial charge on any atom is -0.461 e. The molecule has 8 heteroatoms. The van der Waals surface area contributed by atoms with Gasteiger partial charge in [-0.2, -0.15) is 5.10 Å². The Morgan fingerprint density at radius 1 is 1.26 bits per heavy atom. The lowest BCUT2D eigenvalue weighted by Gasteiger charge is -2.33. The minimum absolute atomic E-state index is 0.0595. The molecule has 3 rings (SSSR count). The Kier molecular flexibility index (Phi) is 5.34. The number of nitrogens with zero attached hydrogens (tertiary/aromatic N) is 4. The van der Waals surface area contributed by atoms with E-state index in [0.717, 1.165) is 12.8 Å². The van der Waals surface area contributed by atoms with Crippen molar-refractivity contribution in [1.82, 2.24) is 19.7 Å². The predicted molar refractivity (Wildman–Crippen MR) is 99.6 cm³/mol. The third-order valence-corrected chi connectivity index (χ3v) is 4.40. The topological polar surface area (TPSA) is 86.6 Å². The Bertz CT molecular complexity index is 832. The number of pyridine rings is 1. The van der Waals surface area contributed by atoms with Gasteiger partial charge in [-0.1, -0.05) is 0 Å². The highest BCUT2D eigenvalue weighted by Gasteiger charge is 2.30. The molecule has 1 amide bonds. The van der Waals surface area contributed by atoms with Gasteiger partial charge in [0, 0.05) is 19.3 Å². The van der Waals surface area contributed by atoms with Crippen LogP contribution in [0, 0.1) is 0 Å². The van der Waals surface area contributed by atoms with Crippen molar-refractivity contribution >= 4 is 23.1 Å². The lowest BCUT2D eigenvalue weighted by molar-refractivity contribution is 0.0186. The van der Waals surface area contributed by atoms with E-state index in [0.29, 0.717) is 30.7 Å². The van der Waals surface area contributed by atoms with Crippen LogP contribution in [0.3, 0.4) is 0 Å². The Morgan fingerprint density at radius 3 is 2.59 bits per heavy atom. The summed E-state index contributed by atoms with van der Waals surface area (Å²) in [5.41, 5.74) is 0.440. The molecule has 0 atom stereocenters. The average Bonchev–Trinajstić information content (AvgIpc) is 3.00. The maximum absolute atomic E-state index is 12.2. The van der Waals surface area contributed by atoms with Crippen molar-refractivity contribution in [1.29, 1.82) is 0 Å². The number of rotatable bonds is 3.